The minimum absolute atomic E-state index is 0.163. The fourth-order valence-electron chi connectivity index (χ4n) is 0.892. The maximum atomic E-state index is 11.3. The fraction of sp³-hybridized carbons (Fsp3) is 0.333. The van der Waals surface area contributed by atoms with E-state index >= 15 is 0 Å². The number of ether oxygens (including phenoxy) is 1. The summed E-state index contributed by atoms with van der Waals surface area (Å²) in [5.41, 5.74) is 0.424. The number of hydrogen-bond acceptors (Lipinski definition) is 4. The number of carbonyl (C=O) groups excluding carboxylic acids is 1. The molecule has 6 nitrogen and oxygen atoms in total. The van der Waals surface area contributed by atoms with Gasteiger partial charge in [-0.15, -0.1) is 0 Å². The summed E-state index contributed by atoms with van der Waals surface area (Å²) in [6, 6.07) is 1.54. The zero-order chi connectivity index (χ0) is 11.1. The van der Waals surface area contributed by atoms with Crippen LogP contribution in [0.25, 0.3) is 0 Å². The van der Waals surface area contributed by atoms with Gasteiger partial charge in [-0.1, -0.05) is 0 Å². The van der Waals surface area contributed by atoms with Crippen molar-refractivity contribution in [3.05, 3.63) is 24.2 Å². The first-order valence-corrected chi connectivity index (χ1v) is 4.30. The van der Waals surface area contributed by atoms with Crippen LogP contribution in [0.15, 0.2) is 23.0 Å². The standard InChI is InChI=1S/C9H11NO5/c11-8(12)6-15-4-2-10-9(13)7-1-3-14-5-7/h1,3,5H,2,4,6H2,(H,10,13)(H,11,12). The van der Waals surface area contributed by atoms with Crippen LogP contribution in [-0.4, -0.2) is 36.7 Å². The average molecular weight is 213 g/mol. The van der Waals surface area contributed by atoms with Crippen molar-refractivity contribution in [1.29, 1.82) is 0 Å². The van der Waals surface area contributed by atoms with Crippen molar-refractivity contribution >= 4 is 11.9 Å². The molecule has 15 heavy (non-hydrogen) atoms. The summed E-state index contributed by atoms with van der Waals surface area (Å²) >= 11 is 0. The number of carbonyl (C=O) groups is 2. The topological polar surface area (TPSA) is 88.8 Å². The van der Waals surface area contributed by atoms with Crippen LogP contribution >= 0.6 is 0 Å². The second-order valence-electron chi connectivity index (χ2n) is 2.71. The molecule has 1 aromatic rings. The molecule has 1 heterocycles. The Hall–Kier alpha value is -1.82. The highest BCUT2D eigenvalue weighted by molar-refractivity contribution is 5.93. The third kappa shape index (κ3) is 4.28. The molecule has 0 radical (unpaired) electrons. The normalized spacial score (nSPS) is 9.87. The lowest BCUT2D eigenvalue weighted by atomic mass is 10.3. The molecule has 0 aliphatic carbocycles. The predicted octanol–water partition coefficient (Wildman–Crippen LogP) is 0.111. The lowest BCUT2D eigenvalue weighted by molar-refractivity contribution is -0.142. The molecule has 0 saturated heterocycles. The molecule has 0 unspecified atom stereocenters. The summed E-state index contributed by atoms with van der Waals surface area (Å²) in [5, 5.41) is 10.8. The summed E-state index contributed by atoms with van der Waals surface area (Å²) in [6.07, 6.45) is 2.73. The number of furan rings is 1. The third-order valence-electron chi connectivity index (χ3n) is 1.54. The molecule has 6 heteroatoms. The van der Waals surface area contributed by atoms with Crippen molar-refractivity contribution in [2.45, 2.75) is 0 Å². The number of amides is 1. The third-order valence-corrected chi connectivity index (χ3v) is 1.54. The van der Waals surface area contributed by atoms with Crippen LogP contribution in [0.1, 0.15) is 10.4 Å². The van der Waals surface area contributed by atoms with Crippen molar-refractivity contribution in [2.24, 2.45) is 0 Å². The molecule has 82 valence electrons. The van der Waals surface area contributed by atoms with E-state index in [1.807, 2.05) is 0 Å². The summed E-state index contributed by atoms with van der Waals surface area (Å²) in [7, 11) is 0. The lowest BCUT2D eigenvalue weighted by Crippen LogP contribution is -2.27. The van der Waals surface area contributed by atoms with Gasteiger partial charge in [0.1, 0.15) is 12.9 Å². The van der Waals surface area contributed by atoms with E-state index in [9.17, 15) is 9.59 Å². The monoisotopic (exact) mass is 213 g/mol. The maximum absolute atomic E-state index is 11.3. The molecule has 0 aliphatic rings. The van der Waals surface area contributed by atoms with Crippen LogP contribution in [0.5, 0.6) is 0 Å². The zero-order valence-electron chi connectivity index (χ0n) is 7.93. The summed E-state index contributed by atoms with van der Waals surface area (Å²) in [6.45, 7) is 0.0643. The SMILES string of the molecule is O=C(O)COCCNC(=O)c1ccoc1. The molecule has 0 aliphatic heterocycles. The molecule has 1 aromatic heterocycles. The van der Waals surface area contributed by atoms with E-state index in [1.54, 1.807) is 0 Å². The predicted molar refractivity (Wildman–Crippen MR) is 49.5 cm³/mol. The molecule has 0 saturated carbocycles. The Morgan fingerprint density at radius 2 is 2.33 bits per heavy atom. The van der Waals surface area contributed by atoms with E-state index in [-0.39, 0.29) is 25.7 Å². The first-order valence-electron chi connectivity index (χ1n) is 4.30. The number of hydrogen-bond donors (Lipinski definition) is 2. The molecule has 0 spiro atoms. The van der Waals surface area contributed by atoms with Gasteiger partial charge in [0.2, 0.25) is 0 Å². The molecule has 1 amide bonds. The van der Waals surface area contributed by atoms with Crippen molar-refractivity contribution in [2.75, 3.05) is 19.8 Å². The highest BCUT2D eigenvalue weighted by atomic mass is 16.5. The van der Waals surface area contributed by atoms with Gasteiger partial charge in [0, 0.05) is 6.54 Å². The minimum atomic E-state index is -1.03. The van der Waals surface area contributed by atoms with E-state index < -0.39 is 5.97 Å². The maximum Gasteiger partial charge on any atom is 0.329 e. The van der Waals surface area contributed by atoms with Crippen molar-refractivity contribution in [3.63, 3.8) is 0 Å². The Kier molecular flexibility index (Phi) is 4.36. The van der Waals surface area contributed by atoms with Crippen molar-refractivity contribution in [1.82, 2.24) is 5.32 Å². The van der Waals surface area contributed by atoms with Crippen LogP contribution in [0.4, 0.5) is 0 Å². The van der Waals surface area contributed by atoms with E-state index in [2.05, 4.69) is 5.32 Å². The van der Waals surface area contributed by atoms with E-state index in [4.69, 9.17) is 14.3 Å². The van der Waals surface area contributed by atoms with E-state index in [1.165, 1.54) is 18.6 Å². The Labute approximate surface area is 85.8 Å². The second-order valence-corrected chi connectivity index (χ2v) is 2.71. The van der Waals surface area contributed by atoms with Gasteiger partial charge in [0.15, 0.2) is 0 Å². The smallest absolute Gasteiger partial charge is 0.329 e. The van der Waals surface area contributed by atoms with Gasteiger partial charge in [0.25, 0.3) is 5.91 Å². The summed E-state index contributed by atoms with van der Waals surface area (Å²) < 4.78 is 9.45. The van der Waals surface area contributed by atoms with Gasteiger partial charge in [-0.2, -0.15) is 0 Å². The number of nitrogens with one attached hydrogen (secondary N) is 1. The molecule has 0 fully saturated rings. The van der Waals surface area contributed by atoms with E-state index in [0.29, 0.717) is 5.56 Å². The molecule has 1 rings (SSSR count). The van der Waals surface area contributed by atoms with Crippen LogP contribution in [-0.2, 0) is 9.53 Å². The van der Waals surface area contributed by atoms with Crippen LogP contribution in [0.3, 0.4) is 0 Å². The average Bonchev–Trinajstić information content (AvgIpc) is 2.69. The van der Waals surface area contributed by atoms with Gasteiger partial charge in [0.05, 0.1) is 18.4 Å². The first-order chi connectivity index (χ1) is 7.20. The number of rotatable bonds is 6. The van der Waals surface area contributed by atoms with Gasteiger partial charge in [-0.3, -0.25) is 4.79 Å². The number of carboxylic acids is 1. The molecule has 0 atom stereocenters. The van der Waals surface area contributed by atoms with Gasteiger partial charge in [-0.25, -0.2) is 4.79 Å². The summed E-state index contributed by atoms with van der Waals surface area (Å²) in [5.74, 6) is -1.31. The van der Waals surface area contributed by atoms with Gasteiger partial charge < -0.3 is 19.6 Å². The molecule has 0 bridgehead atoms. The second kappa shape index (κ2) is 5.82. The van der Waals surface area contributed by atoms with Crippen molar-refractivity contribution in [3.8, 4) is 0 Å². The zero-order valence-corrected chi connectivity index (χ0v) is 7.93. The number of aliphatic carboxylic acids is 1. The lowest BCUT2D eigenvalue weighted by Gasteiger charge is -2.02. The number of carboxylic acid groups (broad SMARTS) is 1. The Morgan fingerprint density at radius 3 is 2.93 bits per heavy atom. The Morgan fingerprint density at radius 1 is 1.53 bits per heavy atom. The fourth-order valence-corrected chi connectivity index (χ4v) is 0.892. The van der Waals surface area contributed by atoms with Crippen molar-refractivity contribution < 1.29 is 23.8 Å². The van der Waals surface area contributed by atoms with Crippen LogP contribution < -0.4 is 5.32 Å². The molecular formula is C9H11NO5. The van der Waals surface area contributed by atoms with E-state index in [0.717, 1.165) is 0 Å². The van der Waals surface area contributed by atoms with Gasteiger partial charge >= 0.3 is 5.97 Å². The van der Waals surface area contributed by atoms with Crippen LogP contribution in [0, 0.1) is 0 Å². The molecular weight excluding hydrogens is 202 g/mol. The Bertz CT molecular complexity index is 319. The quantitative estimate of drug-likeness (QED) is 0.655. The molecule has 0 aromatic carbocycles. The largest absolute Gasteiger partial charge is 0.480 e. The van der Waals surface area contributed by atoms with Crippen LogP contribution in [0.2, 0.25) is 0 Å². The summed E-state index contributed by atoms with van der Waals surface area (Å²) in [4.78, 5) is 21.3. The first kappa shape index (κ1) is 11.3. The van der Waals surface area contributed by atoms with Gasteiger partial charge in [-0.05, 0) is 6.07 Å². The Balaban J connectivity index is 2.10. The highest BCUT2D eigenvalue weighted by Gasteiger charge is 2.05. The highest BCUT2D eigenvalue weighted by Crippen LogP contribution is 1.98. The molecule has 2 N–H and O–H groups in total. The minimum Gasteiger partial charge on any atom is -0.480 e.